The highest BCUT2D eigenvalue weighted by Crippen LogP contribution is 2.17. The highest BCUT2D eigenvalue weighted by molar-refractivity contribution is 6.05. The van der Waals surface area contributed by atoms with E-state index in [1.807, 2.05) is 42.1 Å². The molecule has 92 valence electrons. The molecule has 0 bridgehead atoms. The van der Waals surface area contributed by atoms with E-state index in [-0.39, 0.29) is 18.0 Å². The van der Waals surface area contributed by atoms with Crippen LogP contribution in [0.15, 0.2) is 36.5 Å². The molecule has 0 atom stereocenters. The van der Waals surface area contributed by atoms with Crippen molar-refractivity contribution in [2.24, 2.45) is 7.05 Å². The number of allylic oxidation sites excluding steroid dienone is 1. The second-order valence-corrected chi connectivity index (χ2v) is 4.42. The second-order valence-electron chi connectivity index (χ2n) is 4.42. The first-order chi connectivity index (χ1) is 8.56. The summed E-state index contributed by atoms with van der Waals surface area (Å²) >= 11 is 0. The lowest BCUT2D eigenvalue weighted by molar-refractivity contribution is -0.123. The molecule has 0 aliphatic rings. The van der Waals surface area contributed by atoms with Crippen molar-refractivity contribution in [3.63, 3.8) is 0 Å². The van der Waals surface area contributed by atoms with Gasteiger partial charge in [0, 0.05) is 18.8 Å². The number of hydrogen-bond donors (Lipinski definition) is 0. The van der Waals surface area contributed by atoms with Crippen LogP contribution in [0.5, 0.6) is 0 Å². The Balaban J connectivity index is 2.21. The molecule has 2 rings (SSSR count). The number of aromatic nitrogens is 1. The highest BCUT2D eigenvalue weighted by atomic mass is 16.1. The average molecular weight is 241 g/mol. The van der Waals surface area contributed by atoms with Crippen LogP contribution in [0.25, 0.3) is 17.0 Å². The molecule has 0 spiro atoms. The molecule has 0 aliphatic heterocycles. The molecule has 1 aromatic heterocycles. The Morgan fingerprint density at radius 2 is 2.06 bits per heavy atom. The van der Waals surface area contributed by atoms with E-state index in [0.29, 0.717) is 0 Å². The summed E-state index contributed by atoms with van der Waals surface area (Å²) in [5.41, 5.74) is 2.08. The molecule has 1 heterocycles. The predicted octanol–water partition coefficient (Wildman–Crippen LogP) is 2.74. The number of aryl methyl sites for hydroxylation is 1. The second kappa shape index (κ2) is 5.00. The monoisotopic (exact) mass is 241 g/mol. The van der Waals surface area contributed by atoms with Crippen molar-refractivity contribution in [1.29, 1.82) is 0 Å². The summed E-state index contributed by atoms with van der Waals surface area (Å²) in [5.74, 6) is -0.267. The first-order valence-corrected chi connectivity index (χ1v) is 5.82. The Morgan fingerprint density at radius 1 is 1.28 bits per heavy atom. The van der Waals surface area contributed by atoms with Crippen LogP contribution in [0.2, 0.25) is 0 Å². The van der Waals surface area contributed by atoms with Crippen molar-refractivity contribution in [2.45, 2.75) is 13.3 Å². The largest absolute Gasteiger partial charge is 0.351 e. The maximum absolute atomic E-state index is 11.4. The summed E-state index contributed by atoms with van der Waals surface area (Å²) in [4.78, 5) is 22.2. The van der Waals surface area contributed by atoms with E-state index >= 15 is 0 Å². The molecule has 0 amide bonds. The van der Waals surface area contributed by atoms with Crippen LogP contribution in [0.1, 0.15) is 18.9 Å². The lowest BCUT2D eigenvalue weighted by atomic mass is 10.1. The van der Waals surface area contributed by atoms with Gasteiger partial charge in [0.2, 0.25) is 0 Å². The lowest BCUT2D eigenvalue weighted by Gasteiger charge is -1.98. The van der Waals surface area contributed by atoms with Gasteiger partial charge in [-0.15, -0.1) is 0 Å². The number of rotatable bonds is 4. The van der Waals surface area contributed by atoms with Gasteiger partial charge in [-0.3, -0.25) is 9.59 Å². The molecular weight excluding hydrogens is 226 g/mol. The van der Waals surface area contributed by atoms with Crippen LogP contribution in [-0.2, 0) is 16.6 Å². The third-order valence-corrected chi connectivity index (χ3v) is 2.80. The van der Waals surface area contributed by atoms with E-state index in [9.17, 15) is 9.59 Å². The van der Waals surface area contributed by atoms with Gasteiger partial charge in [-0.1, -0.05) is 18.2 Å². The minimum absolute atomic E-state index is 0.0249. The fourth-order valence-corrected chi connectivity index (χ4v) is 1.88. The lowest BCUT2D eigenvalue weighted by Crippen LogP contribution is -1.99. The molecule has 0 aliphatic carbocycles. The van der Waals surface area contributed by atoms with Crippen molar-refractivity contribution < 1.29 is 9.59 Å². The van der Waals surface area contributed by atoms with Crippen LogP contribution in [0, 0.1) is 0 Å². The third-order valence-electron chi connectivity index (χ3n) is 2.80. The quantitative estimate of drug-likeness (QED) is 0.610. The highest BCUT2D eigenvalue weighted by Gasteiger charge is 2.01. The van der Waals surface area contributed by atoms with E-state index in [2.05, 4.69) is 0 Å². The number of hydrogen-bond acceptors (Lipinski definition) is 2. The van der Waals surface area contributed by atoms with Crippen molar-refractivity contribution in [2.75, 3.05) is 0 Å². The zero-order valence-corrected chi connectivity index (χ0v) is 10.5. The molecule has 0 radical (unpaired) electrons. The minimum atomic E-state index is -0.158. The number of nitrogens with zero attached hydrogens (tertiary/aromatic N) is 1. The number of fused-ring (bicyclic) bond motifs is 1. The molecule has 0 saturated carbocycles. The molecule has 0 saturated heterocycles. The normalized spacial score (nSPS) is 11.2. The molecule has 3 heteroatoms. The predicted molar refractivity (Wildman–Crippen MR) is 72.3 cm³/mol. The molecule has 18 heavy (non-hydrogen) atoms. The molecule has 0 fully saturated rings. The molecule has 3 nitrogen and oxygen atoms in total. The fourth-order valence-electron chi connectivity index (χ4n) is 1.88. The SMILES string of the molecule is CC(=O)CC(=O)C=Cc1ccc2ccn(C)c2c1. The van der Waals surface area contributed by atoms with Crippen molar-refractivity contribution >= 4 is 28.5 Å². The van der Waals surface area contributed by atoms with E-state index in [1.54, 1.807) is 6.08 Å². The van der Waals surface area contributed by atoms with Gasteiger partial charge >= 0.3 is 0 Å². The number of benzene rings is 1. The summed E-state index contributed by atoms with van der Waals surface area (Å²) < 4.78 is 2.03. The topological polar surface area (TPSA) is 39.1 Å². The molecule has 0 unspecified atom stereocenters. The van der Waals surface area contributed by atoms with Crippen LogP contribution in [-0.4, -0.2) is 16.1 Å². The van der Waals surface area contributed by atoms with Crippen LogP contribution in [0.4, 0.5) is 0 Å². The van der Waals surface area contributed by atoms with Crippen molar-refractivity contribution in [3.8, 4) is 0 Å². The summed E-state index contributed by atoms with van der Waals surface area (Å²) in [7, 11) is 1.98. The number of carbonyl (C=O) groups excluding carboxylic acids is 2. The van der Waals surface area contributed by atoms with E-state index in [1.165, 1.54) is 18.4 Å². The minimum Gasteiger partial charge on any atom is -0.351 e. The Bertz CT molecular complexity index is 635. The van der Waals surface area contributed by atoms with Crippen LogP contribution < -0.4 is 0 Å². The average Bonchev–Trinajstić information content (AvgIpc) is 2.68. The fraction of sp³-hybridized carbons (Fsp3) is 0.200. The maximum Gasteiger partial charge on any atom is 0.163 e. The zero-order chi connectivity index (χ0) is 13.1. The molecule has 2 aromatic rings. The summed E-state index contributed by atoms with van der Waals surface area (Å²) in [6.07, 6.45) is 5.19. The van der Waals surface area contributed by atoms with Crippen LogP contribution >= 0.6 is 0 Å². The van der Waals surface area contributed by atoms with E-state index < -0.39 is 0 Å². The first kappa shape index (κ1) is 12.3. The Morgan fingerprint density at radius 3 is 2.78 bits per heavy atom. The van der Waals surface area contributed by atoms with Gasteiger partial charge in [-0.2, -0.15) is 0 Å². The van der Waals surface area contributed by atoms with Gasteiger partial charge in [0.15, 0.2) is 5.78 Å². The van der Waals surface area contributed by atoms with Gasteiger partial charge in [-0.05, 0) is 36.1 Å². The van der Waals surface area contributed by atoms with E-state index in [0.717, 1.165) is 11.1 Å². The van der Waals surface area contributed by atoms with Gasteiger partial charge in [0.05, 0.1) is 6.42 Å². The van der Waals surface area contributed by atoms with Gasteiger partial charge in [-0.25, -0.2) is 0 Å². The van der Waals surface area contributed by atoms with Gasteiger partial charge in [0.1, 0.15) is 5.78 Å². The summed E-state index contributed by atoms with van der Waals surface area (Å²) in [6.45, 7) is 1.42. The summed E-state index contributed by atoms with van der Waals surface area (Å²) in [5, 5.41) is 1.17. The Hall–Kier alpha value is -2.16. The van der Waals surface area contributed by atoms with Crippen molar-refractivity contribution in [1.82, 2.24) is 4.57 Å². The molecule has 0 N–H and O–H groups in total. The number of carbonyl (C=O) groups is 2. The van der Waals surface area contributed by atoms with Gasteiger partial charge in [0.25, 0.3) is 0 Å². The van der Waals surface area contributed by atoms with E-state index in [4.69, 9.17) is 0 Å². The maximum atomic E-state index is 11.4. The molecular formula is C15H15NO2. The Kier molecular flexibility index (Phi) is 3.42. The van der Waals surface area contributed by atoms with Crippen molar-refractivity contribution in [3.05, 3.63) is 42.1 Å². The standard InChI is InChI=1S/C15H15NO2/c1-11(17)9-14(18)6-4-12-3-5-13-7-8-16(2)15(13)10-12/h3-8,10H,9H2,1-2H3. The number of ketones is 2. The smallest absolute Gasteiger partial charge is 0.163 e. The zero-order valence-electron chi connectivity index (χ0n) is 10.5. The third kappa shape index (κ3) is 2.74. The van der Waals surface area contributed by atoms with Gasteiger partial charge < -0.3 is 4.57 Å². The molecule has 1 aromatic carbocycles. The first-order valence-electron chi connectivity index (χ1n) is 5.82. The Labute approximate surface area is 106 Å². The summed E-state index contributed by atoms with van der Waals surface area (Å²) in [6, 6.07) is 8.04. The number of Topliss-reactive ketones (excluding diaryl/α,β-unsaturated/α-hetero) is 1. The van der Waals surface area contributed by atoms with Crippen LogP contribution in [0.3, 0.4) is 0 Å².